The highest BCUT2D eigenvalue weighted by atomic mass is 32.1. The predicted octanol–water partition coefficient (Wildman–Crippen LogP) is 4.18. The maximum atomic E-state index is 3.57. The third-order valence-electron chi connectivity index (χ3n) is 3.25. The molecule has 2 nitrogen and oxygen atoms in total. The van der Waals surface area contributed by atoms with Gasteiger partial charge in [0, 0.05) is 28.4 Å². The standard InChI is InChI=1S/C16H30N2S/c1-7-9-18(8-2)12-14-10-15(19-13(14)3)11-17-16(4,5)6/h10,17H,7-9,11-12H2,1-6H3. The van der Waals surface area contributed by atoms with Gasteiger partial charge in [0.15, 0.2) is 0 Å². The molecule has 0 radical (unpaired) electrons. The lowest BCUT2D eigenvalue weighted by Gasteiger charge is -2.20. The van der Waals surface area contributed by atoms with Crippen molar-refractivity contribution in [3.05, 3.63) is 21.4 Å². The van der Waals surface area contributed by atoms with Gasteiger partial charge in [0.25, 0.3) is 0 Å². The molecule has 19 heavy (non-hydrogen) atoms. The van der Waals surface area contributed by atoms with E-state index in [0.29, 0.717) is 0 Å². The van der Waals surface area contributed by atoms with Crippen molar-refractivity contribution in [1.82, 2.24) is 10.2 Å². The first-order valence-electron chi connectivity index (χ1n) is 7.41. The van der Waals surface area contributed by atoms with Gasteiger partial charge in [-0.05, 0) is 58.8 Å². The first kappa shape index (κ1) is 16.7. The molecule has 0 bridgehead atoms. The Morgan fingerprint density at radius 1 is 1.26 bits per heavy atom. The molecule has 0 saturated heterocycles. The quantitative estimate of drug-likeness (QED) is 0.807. The molecule has 0 aliphatic rings. The molecule has 1 rings (SSSR count). The van der Waals surface area contributed by atoms with E-state index in [1.54, 1.807) is 0 Å². The summed E-state index contributed by atoms with van der Waals surface area (Å²) in [5.41, 5.74) is 1.70. The zero-order valence-electron chi connectivity index (χ0n) is 13.5. The lowest BCUT2D eigenvalue weighted by atomic mass is 10.1. The highest BCUT2D eigenvalue weighted by Crippen LogP contribution is 2.23. The highest BCUT2D eigenvalue weighted by Gasteiger charge is 2.12. The average Bonchev–Trinajstić information content (AvgIpc) is 2.66. The summed E-state index contributed by atoms with van der Waals surface area (Å²) < 4.78 is 0. The van der Waals surface area contributed by atoms with Crippen LogP contribution in [0.15, 0.2) is 6.07 Å². The number of hydrogen-bond donors (Lipinski definition) is 1. The number of rotatable bonds is 7. The second-order valence-corrected chi connectivity index (χ2v) is 7.61. The van der Waals surface area contributed by atoms with Crippen molar-refractivity contribution in [2.45, 2.75) is 66.6 Å². The molecule has 1 heterocycles. The topological polar surface area (TPSA) is 15.3 Å². The first-order valence-corrected chi connectivity index (χ1v) is 8.23. The zero-order valence-corrected chi connectivity index (χ0v) is 14.3. The molecule has 0 aliphatic heterocycles. The molecule has 110 valence electrons. The van der Waals surface area contributed by atoms with Gasteiger partial charge in [-0.3, -0.25) is 4.90 Å². The molecule has 1 aromatic heterocycles. The van der Waals surface area contributed by atoms with E-state index in [9.17, 15) is 0 Å². The second-order valence-electron chi connectivity index (χ2n) is 6.27. The van der Waals surface area contributed by atoms with Crippen molar-refractivity contribution < 1.29 is 0 Å². The van der Waals surface area contributed by atoms with Crippen LogP contribution in [-0.4, -0.2) is 23.5 Å². The van der Waals surface area contributed by atoms with E-state index in [2.05, 4.69) is 57.8 Å². The van der Waals surface area contributed by atoms with Crippen LogP contribution in [0, 0.1) is 6.92 Å². The fraction of sp³-hybridized carbons (Fsp3) is 0.750. The van der Waals surface area contributed by atoms with Crippen LogP contribution < -0.4 is 5.32 Å². The van der Waals surface area contributed by atoms with Crippen LogP contribution in [0.2, 0.25) is 0 Å². The Morgan fingerprint density at radius 2 is 1.95 bits per heavy atom. The lowest BCUT2D eigenvalue weighted by Crippen LogP contribution is -2.34. The molecule has 0 amide bonds. The molecule has 0 atom stereocenters. The van der Waals surface area contributed by atoms with Crippen LogP contribution in [0.5, 0.6) is 0 Å². The summed E-state index contributed by atoms with van der Waals surface area (Å²) in [5, 5.41) is 3.57. The minimum atomic E-state index is 0.190. The Hall–Kier alpha value is -0.380. The molecular weight excluding hydrogens is 252 g/mol. The predicted molar refractivity (Wildman–Crippen MR) is 86.9 cm³/mol. The van der Waals surface area contributed by atoms with Crippen molar-refractivity contribution in [3.63, 3.8) is 0 Å². The summed E-state index contributed by atoms with van der Waals surface area (Å²) in [5.74, 6) is 0. The largest absolute Gasteiger partial charge is 0.307 e. The fourth-order valence-electron chi connectivity index (χ4n) is 2.09. The lowest BCUT2D eigenvalue weighted by molar-refractivity contribution is 0.280. The van der Waals surface area contributed by atoms with E-state index < -0.39 is 0 Å². The number of nitrogens with one attached hydrogen (secondary N) is 1. The summed E-state index contributed by atoms with van der Waals surface area (Å²) in [6.07, 6.45) is 1.23. The van der Waals surface area contributed by atoms with Gasteiger partial charge in [0.2, 0.25) is 0 Å². The third-order valence-corrected chi connectivity index (χ3v) is 4.34. The van der Waals surface area contributed by atoms with Gasteiger partial charge >= 0.3 is 0 Å². The van der Waals surface area contributed by atoms with Crippen LogP contribution in [0.4, 0.5) is 0 Å². The molecule has 0 unspecified atom stereocenters. The van der Waals surface area contributed by atoms with Crippen molar-refractivity contribution in [2.24, 2.45) is 0 Å². The van der Waals surface area contributed by atoms with Crippen LogP contribution in [0.3, 0.4) is 0 Å². The molecular formula is C16H30N2S. The van der Waals surface area contributed by atoms with E-state index in [4.69, 9.17) is 0 Å². The van der Waals surface area contributed by atoms with Crippen LogP contribution in [0.1, 0.15) is 56.4 Å². The van der Waals surface area contributed by atoms with Crippen molar-refractivity contribution in [1.29, 1.82) is 0 Å². The Balaban J connectivity index is 2.63. The Kier molecular flexibility index (Phi) is 6.51. The fourth-order valence-corrected chi connectivity index (χ4v) is 3.08. The van der Waals surface area contributed by atoms with E-state index in [0.717, 1.165) is 19.6 Å². The van der Waals surface area contributed by atoms with Crippen LogP contribution in [-0.2, 0) is 13.1 Å². The molecule has 1 N–H and O–H groups in total. The van der Waals surface area contributed by atoms with Crippen LogP contribution in [0.25, 0.3) is 0 Å². The monoisotopic (exact) mass is 282 g/mol. The molecule has 1 aromatic rings. The highest BCUT2D eigenvalue weighted by molar-refractivity contribution is 7.12. The van der Waals surface area contributed by atoms with Gasteiger partial charge in [-0.15, -0.1) is 11.3 Å². The average molecular weight is 282 g/mol. The van der Waals surface area contributed by atoms with Crippen molar-refractivity contribution >= 4 is 11.3 Å². The molecule has 0 aromatic carbocycles. The van der Waals surface area contributed by atoms with Crippen LogP contribution >= 0.6 is 11.3 Å². The number of nitrogens with zero attached hydrogens (tertiary/aromatic N) is 1. The van der Waals surface area contributed by atoms with Gasteiger partial charge in [0.1, 0.15) is 0 Å². The number of hydrogen-bond acceptors (Lipinski definition) is 3. The Morgan fingerprint density at radius 3 is 2.47 bits per heavy atom. The third kappa shape index (κ3) is 6.07. The van der Waals surface area contributed by atoms with Crippen molar-refractivity contribution in [2.75, 3.05) is 13.1 Å². The van der Waals surface area contributed by atoms with E-state index in [1.165, 1.54) is 28.3 Å². The van der Waals surface area contributed by atoms with Gasteiger partial charge in [0.05, 0.1) is 0 Å². The molecule has 0 saturated carbocycles. The molecule has 3 heteroatoms. The van der Waals surface area contributed by atoms with Gasteiger partial charge in [-0.1, -0.05) is 13.8 Å². The Bertz CT molecular complexity index is 377. The van der Waals surface area contributed by atoms with E-state index in [1.807, 2.05) is 11.3 Å². The van der Waals surface area contributed by atoms with E-state index in [-0.39, 0.29) is 5.54 Å². The summed E-state index contributed by atoms with van der Waals surface area (Å²) in [6, 6.07) is 2.39. The maximum absolute atomic E-state index is 3.57. The molecule has 0 spiro atoms. The molecule has 0 aliphatic carbocycles. The summed E-state index contributed by atoms with van der Waals surface area (Å²) in [7, 11) is 0. The number of aryl methyl sites for hydroxylation is 1. The number of thiophene rings is 1. The van der Waals surface area contributed by atoms with Gasteiger partial charge in [-0.25, -0.2) is 0 Å². The second kappa shape index (κ2) is 7.41. The van der Waals surface area contributed by atoms with Crippen molar-refractivity contribution in [3.8, 4) is 0 Å². The van der Waals surface area contributed by atoms with E-state index >= 15 is 0 Å². The summed E-state index contributed by atoms with van der Waals surface area (Å²) >= 11 is 1.94. The zero-order chi connectivity index (χ0) is 14.5. The minimum absolute atomic E-state index is 0.190. The molecule has 0 fully saturated rings. The minimum Gasteiger partial charge on any atom is -0.307 e. The summed E-state index contributed by atoms with van der Waals surface area (Å²) in [4.78, 5) is 5.45. The first-order chi connectivity index (χ1) is 8.85. The summed E-state index contributed by atoms with van der Waals surface area (Å²) in [6.45, 7) is 17.8. The maximum Gasteiger partial charge on any atom is 0.0304 e. The SMILES string of the molecule is CCCN(CC)Cc1cc(CNC(C)(C)C)sc1C. The smallest absolute Gasteiger partial charge is 0.0304 e. The Labute approximate surface area is 123 Å². The van der Waals surface area contributed by atoms with Gasteiger partial charge < -0.3 is 5.32 Å². The normalized spacial score (nSPS) is 12.4. The van der Waals surface area contributed by atoms with Gasteiger partial charge in [-0.2, -0.15) is 0 Å².